The monoisotopic (exact) mass is 362 g/mol. The Morgan fingerprint density at radius 1 is 1.07 bits per heavy atom. The molecule has 1 unspecified atom stereocenters. The summed E-state index contributed by atoms with van der Waals surface area (Å²) in [5.74, 6) is 1.54. The van der Waals surface area contributed by atoms with E-state index in [9.17, 15) is 4.79 Å². The van der Waals surface area contributed by atoms with Gasteiger partial charge in [-0.15, -0.1) is 0 Å². The van der Waals surface area contributed by atoms with Gasteiger partial charge in [0.05, 0.1) is 24.5 Å². The van der Waals surface area contributed by atoms with Crippen LogP contribution in [0, 0.1) is 0 Å². The highest BCUT2D eigenvalue weighted by molar-refractivity contribution is 6.01. The van der Waals surface area contributed by atoms with Crippen molar-refractivity contribution >= 4 is 11.6 Å². The van der Waals surface area contributed by atoms with Crippen LogP contribution in [-0.4, -0.2) is 16.9 Å². The highest BCUT2D eigenvalue weighted by Crippen LogP contribution is 2.34. The van der Waals surface area contributed by atoms with Crippen LogP contribution >= 0.6 is 0 Å². The van der Waals surface area contributed by atoms with E-state index in [0.29, 0.717) is 12.1 Å². The van der Waals surface area contributed by atoms with Crippen molar-refractivity contribution in [2.24, 2.45) is 0 Å². The molecule has 1 aromatic heterocycles. The summed E-state index contributed by atoms with van der Waals surface area (Å²) in [6, 6.07) is 19.1. The van der Waals surface area contributed by atoms with Crippen molar-refractivity contribution in [3.05, 3.63) is 83.8 Å². The fourth-order valence-electron chi connectivity index (χ4n) is 3.29. The Hall–Kier alpha value is -3.21. The lowest BCUT2D eigenvalue weighted by atomic mass is 10.0. The average molecular weight is 362 g/mol. The predicted molar refractivity (Wildman–Crippen MR) is 104 cm³/mol. The fraction of sp³-hybridized carbons (Fsp3) is 0.227. The number of para-hydroxylation sites is 1. The van der Waals surface area contributed by atoms with E-state index in [4.69, 9.17) is 9.15 Å². The molecule has 0 spiro atoms. The van der Waals surface area contributed by atoms with Crippen molar-refractivity contribution in [1.82, 2.24) is 4.90 Å². The molecular weight excluding hydrogens is 340 g/mol. The van der Waals surface area contributed by atoms with Crippen LogP contribution in [0.4, 0.5) is 5.69 Å². The van der Waals surface area contributed by atoms with Gasteiger partial charge in [0.25, 0.3) is 5.91 Å². The SMILES string of the molecule is CC(C)Oc1ccc(C2Nc3ccccc3C(=O)N2Cc2ccco2)cc1. The van der Waals surface area contributed by atoms with Crippen LogP contribution in [-0.2, 0) is 6.54 Å². The minimum Gasteiger partial charge on any atom is -0.491 e. The first-order valence-electron chi connectivity index (χ1n) is 9.07. The van der Waals surface area contributed by atoms with E-state index in [0.717, 1.165) is 22.8 Å². The van der Waals surface area contributed by atoms with Gasteiger partial charge in [-0.2, -0.15) is 0 Å². The molecule has 2 aromatic carbocycles. The van der Waals surface area contributed by atoms with E-state index in [1.165, 1.54) is 0 Å². The molecule has 27 heavy (non-hydrogen) atoms. The summed E-state index contributed by atoms with van der Waals surface area (Å²) in [5.41, 5.74) is 2.49. The second-order valence-electron chi connectivity index (χ2n) is 6.84. The number of anilines is 1. The lowest BCUT2D eigenvalue weighted by Gasteiger charge is -2.37. The predicted octanol–water partition coefficient (Wildman–Crippen LogP) is 4.83. The number of nitrogens with zero attached hydrogens (tertiary/aromatic N) is 1. The van der Waals surface area contributed by atoms with Gasteiger partial charge >= 0.3 is 0 Å². The summed E-state index contributed by atoms with van der Waals surface area (Å²) in [6.45, 7) is 4.39. The number of carbonyl (C=O) groups excluding carboxylic acids is 1. The molecule has 3 aromatic rings. The maximum Gasteiger partial charge on any atom is 0.258 e. The molecule has 0 saturated heterocycles. The van der Waals surface area contributed by atoms with E-state index in [1.54, 1.807) is 11.2 Å². The molecule has 5 nitrogen and oxygen atoms in total. The van der Waals surface area contributed by atoms with Crippen LogP contribution < -0.4 is 10.1 Å². The smallest absolute Gasteiger partial charge is 0.258 e. The Morgan fingerprint density at radius 2 is 1.85 bits per heavy atom. The van der Waals surface area contributed by atoms with Crippen LogP contribution in [0.25, 0.3) is 0 Å². The van der Waals surface area contributed by atoms with Gasteiger partial charge in [-0.25, -0.2) is 0 Å². The molecule has 1 amide bonds. The quantitative estimate of drug-likeness (QED) is 0.706. The maximum absolute atomic E-state index is 13.2. The Morgan fingerprint density at radius 3 is 2.56 bits per heavy atom. The second kappa shape index (κ2) is 7.19. The van der Waals surface area contributed by atoms with Gasteiger partial charge < -0.3 is 19.4 Å². The van der Waals surface area contributed by atoms with Crippen molar-refractivity contribution in [2.45, 2.75) is 32.7 Å². The number of ether oxygens (including phenoxy) is 1. The first-order chi connectivity index (χ1) is 13.1. The molecule has 0 bridgehead atoms. The van der Waals surface area contributed by atoms with Crippen molar-refractivity contribution in [2.75, 3.05) is 5.32 Å². The van der Waals surface area contributed by atoms with Crippen LogP contribution in [0.15, 0.2) is 71.3 Å². The van der Waals surface area contributed by atoms with Gasteiger partial charge in [0.2, 0.25) is 0 Å². The molecule has 0 radical (unpaired) electrons. The zero-order valence-corrected chi connectivity index (χ0v) is 15.4. The molecule has 5 heteroatoms. The molecule has 0 fully saturated rings. The molecule has 0 aliphatic carbocycles. The van der Waals surface area contributed by atoms with Crippen molar-refractivity contribution < 1.29 is 13.9 Å². The number of hydrogen-bond acceptors (Lipinski definition) is 4. The van der Waals surface area contributed by atoms with E-state index in [1.807, 2.05) is 74.5 Å². The zero-order valence-electron chi connectivity index (χ0n) is 15.4. The molecular formula is C22H22N2O3. The summed E-state index contributed by atoms with van der Waals surface area (Å²) in [6.07, 6.45) is 1.45. The molecule has 1 aliphatic heterocycles. The summed E-state index contributed by atoms with van der Waals surface area (Å²) in [4.78, 5) is 14.9. The number of nitrogens with one attached hydrogen (secondary N) is 1. The molecule has 0 saturated carbocycles. The number of benzene rings is 2. The highest BCUT2D eigenvalue weighted by atomic mass is 16.5. The van der Waals surface area contributed by atoms with Gasteiger partial charge in [0.15, 0.2) is 0 Å². The Kier molecular flexibility index (Phi) is 4.59. The van der Waals surface area contributed by atoms with E-state index >= 15 is 0 Å². The number of fused-ring (bicyclic) bond motifs is 1. The normalized spacial score (nSPS) is 16.2. The van der Waals surface area contributed by atoms with Crippen LogP contribution in [0.3, 0.4) is 0 Å². The highest BCUT2D eigenvalue weighted by Gasteiger charge is 2.33. The summed E-state index contributed by atoms with van der Waals surface area (Å²) < 4.78 is 11.2. The number of carbonyl (C=O) groups is 1. The maximum atomic E-state index is 13.2. The third kappa shape index (κ3) is 3.53. The largest absolute Gasteiger partial charge is 0.491 e. The van der Waals surface area contributed by atoms with Crippen LogP contribution in [0.5, 0.6) is 5.75 Å². The molecule has 2 heterocycles. The topological polar surface area (TPSA) is 54.7 Å². The van der Waals surface area contributed by atoms with Gasteiger partial charge in [-0.1, -0.05) is 24.3 Å². The Balaban J connectivity index is 1.68. The Labute approximate surface area is 158 Å². The number of hydrogen-bond donors (Lipinski definition) is 1. The van der Waals surface area contributed by atoms with Crippen molar-refractivity contribution in [1.29, 1.82) is 0 Å². The van der Waals surface area contributed by atoms with Crippen LogP contribution in [0.2, 0.25) is 0 Å². The van der Waals surface area contributed by atoms with Gasteiger partial charge in [-0.3, -0.25) is 4.79 Å². The molecule has 1 N–H and O–H groups in total. The van der Waals surface area contributed by atoms with Crippen molar-refractivity contribution in [3.63, 3.8) is 0 Å². The summed E-state index contributed by atoms with van der Waals surface area (Å²) >= 11 is 0. The van der Waals surface area contributed by atoms with Crippen molar-refractivity contribution in [3.8, 4) is 5.75 Å². The second-order valence-corrected chi connectivity index (χ2v) is 6.84. The zero-order chi connectivity index (χ0) is 18.8. The average Bonchev–Trinajstić information content (AvgIpc) is 3.17. The third-order valence-electron chi connectivity index (χ3n) is 4.50. The summed E-state index contributed by atoms with van der Waals surface area (Å²) in [7, 11) is 0. The fourth-order valence-corrected chi connectivity index (χ4v) is 3.29. The standard InChI is InChI=1S/C22H22N2O3/c1-15(2)27-17-11-9-16(10-12-17)21-23-20-8-4-3-7-19(20)22(25)24(21)14-18-6-5-13-26-18/h3-13,15,21,23H,14H2,1-2H3. The molecule has 4 rings (SSSR count). The van der Waals surface area contributed by atoms with E-state index < -0.39 is 0 Å². The lowest BCUT2D eigenvalue weighted by Crippen LogP contribution is -2.42. The number of amides is 1. The molecule has 1 aliphatic rings. The third-order valence-corrected chi connectivity index (χ3v) is 4.50. The molecule has 138 valence electrons. The summed E-state index contributed by atoms with van der Waals surface area (Å²) in [5, 5.41) is 3.49. The number of rotatable bonds is 5. The number of furan rings is 1. The van der Waals surface area contributed by atoms with E-state index in [2.05, 4.69) is 5.32 Å². The minimum atomic E-state index is -0.286. The molecule has 1 atom stereocenters. The van der Waals surface area contributed by atoms with Gasteiger partial charge in [0.1, 0.15) is 17.7 Å². The first kappa shape index (κ1) is 17.2. The lowest BCUT2D eigenvalue weighted by molar-refractivity contribution is 0.0651. The first-order valence-corrected chi connectivity index (χ1v) is 9.07. The van der Waals surface area contributed by atoms with Gasteiger partial charge in [0, 0.05) is 5.69 Å². The van der Waals surface area contributed by atoms with Crippen LogP contribution in [0.1, 0.15) is 41.7 Å². The van der Waals surface area contributed by atoms with E-state index in [-0.39, 0.29) is 18.2 Å². The minimum absolute atomic E-state index is 0.0201. The van der Waals surface area contributed by atoms with Gasteiger partial charge in [-0.05, 0) is 55.8 Å². The Bertz CT molecular complexity index is 917.